The second-order valence-electron chi connectivity index (χ2n) is 7.02. The fourth-order valence-electron chi connectivity index (χ4n) is 3.80. The van der Waals surface area contributed by atoms with E-state index in [4.69, 9.17) is 16.3 Å². The Hall–Kier alpha value is -2.11. The number of aromatic nitrogens is 1. The molecule has 3 heterocycles. The maximum Gasteiger partial charge on any atom is 0.410 e. The molecule has 5 nitrogen and oxygen atoms in total. The van der Waals surface area contributed by atoms with E-state index in [1.54, 1.807) is 0 Å². The molecule has 1 amide bonds. The van der Waals surface area contributed by atoms with E-state index in [0.717, 1.165) is 42.3 Å². The lowest BCUT2D eigenvalue weighted by Gasteiger charge is -2.22. The highest BCUT2D eigenvalue weighted by atomic mass is 35.5. The minimum Gasteiger partial charge on any atom is -0.442 e. The third kappa shape index (κ3) is 3.55. The summed E-state index contributed by atoms with van der Waals surface area (Å²) in [6.45, 7) is 5.11. The van der Waals surface area contributed by atoms with Gasteiger partial charge in [0.25, 0.3) is 0 Å². The molecule has 0 spiro atoms. The van der Waals surface area contributed by atoms with Crippen LogP contribution >= 0.6 is 11.6 Å². The summed E-state index contributed by atoms with van der Waals surface area (Å²) in [5, 5.41) is 0.724. The molecule has 2 fully saturated rings. The van der Waals surface area contributed by atoms with Crippen LogP contribution in [-0.2, 0) is 17.7 Å². The number of aryl methyl sites for hydroxylation is 1. The molecule has 2 aliphatic rings. The monoisotopic (exact) mass is 371 g/mol. The lowest BCUT2D eigenvalue weighted by molar-refractivity contribution is 0.120. The molecule has 0 saturated carbocycles. The maximum atomic E-state index is 12.2. The molecule has 0 radical (unpaired) electrons. The number of hydrogen-bond donors (Lipinski definition) is 0. The highest BCUT2D eigenvalue weighted by Crippen LogP contribution is 2.28. The van der Waals surface area contributed by atoms with Gasteiger partial charge in [-0.3, -0.25) is 14.8 Å². The number of ether oxygens (including phenoxy) is 1. The molecule has 2 saturated heterocycles. The van der Waals surface area contributed by atoms with Crippen molar-refractivity contribution in [3.63, 3.8) is 0 Å². The van der Waals surface area contributed by atoms with Crippen molar-refractivity contribution in [2.24, 2.45) is 0 Å². The molecule has 0 N–H and O–H groups in total. The zero-order chi connectivity index (χ0) is 18.1. The first-order chi connectivity index (χ1) is 12.6. The number of carbonyl (C=O) groups excluding carboxylic acids is 1. The molecular formula is C20H22ClN3O2. The van der Waals surface area contributed by atoms with Gasteiger partial charge in [-0.15, -0.1) is 0 Å². The van der Waals surface area contributed by atoms with E-state index in [2.05, 4.69) is 22.9 Å². The zero-order valence-electron chi connectivity index (χ0n) is 14.8. The van der Waals surface area contributed by atoms with Crippen molar-refractivity contribution in [3.05, 3.63) is 64.4 Å². The fourth-order valence-corrected chi connectivity index (χ4v) is 4.02. The van der Waals surface area contributed by atoms with Crippen LogP contribution in [-0.4, -0.2) is 52.7 Å². The van der Waals surface area contributed by atoms with Crippen LogP contribution in [0.15, 0.2) is 42.6 Å². The molecule has 1 aromatic carbocycles. The van der Waals surface area contributed by atoms with Crippen LogP contribution < -0.4 is 0 Å². The Kier molecular flexibility index (Phi) is 4.83. The highest BCUT2D eigenvalue weighted by Gasteiger charge is 2.47. The lowest BCUT2D eigenvalue weighted by atomic mass is 10.1. The van der Waals surface area contributed by atoms with Crippen LogP contribution in [0.2, 0.25) is 5.02 Å². The third-order valence-electron chi connectivity index (χ3n) is 5.22. The number of halogens is 1. The Balaban J connectivity index is 1.39. The van der Waals surface area contributed by atoms with Crippen LogP contribution in [0, 0.1) is 6.92 Å². The lowest BCUT2D eigenvalue weighted by Crippen LogP contribution is -2.39. The average molecular weight is 372 g/mol. The summed E-state index contributed by atoms with van der Waals surface area (Å²) >= 11 is 6.05. The summed E-state index contributed by atoms with van der Waals surface area (Å²) in [6, 6.07) is 11.9. The summed E-state index contributed by atoms with van der Waals surface area (Å²) in [6.07, 6.45) is 2.36. The number of pyridine rings is 1. The third-order valence-corrected chi connectivity index (χ3v) is 5.46. The van der Waals surface area contributed by atoms with E-state index in [1.165, 1.54) is 5.56 Å². The van der Waals surface area contributed by atoms with Gasteiger partial charge >= 0.3 is 6.09 Å². The number of rotatable bonds is 5. The Morgan fingerprint density at radius 2 is 2.15 bits per heavy atom. The van der Waals surface area contributed by atoms with Crippen LogP contribution in [0.5, 0.6) is 0 Å². The number of hydrogen-bond acceptors (Lipinski definition) is 4. The number of amides is 1. The van der Waals surface area contributed by atoms with E-state index in [1.807, 2.05) is 41.4 Å². The van der Waals surface area contributed by atoms with Crippen molar-refractivity contribution in [2.45, 2.75) is 32.0 Å². The molecule has 26 heavy (non-hydrogen) atoms. The molecule has 1 aromatic heterocycles. The first-order valence-corrected chi connectivity index (χ1v) is 9.32. The highest BCUT2D eigenvalue weighted by molar-refractivity contribution is 6.30. The first-order valence-electron chi connectivity index (χ1n) is 8.95. The summed E-state index contributed by atoms with van der Waals surface area (Å²) in [7, 11) is 0. The topological polar surface area (TPSA) is 45.7 Å². The fraction of sp³-hybridized carbons (Fsp3) is 0.400. The largest absolute Gasteiger partial charge is 0.442 e. The molecule has 2 atom stereocenters. The Labute approximate surface area is 158 Å². The van der Waals surface area contributed by atoms with Gasteiger partial charge in [-0.05, 0) is 42.7 Å². The normalized spacial score (nSPS) is 22.5. The predicted octanol–water partition coefficient (Wildman–Crippen LogP) is 3.29. The Morgan fingerprint density at radius 1 is 1.27 bits per heavy atom. The van der Waals surface area contributed by atoms with Gasteiger partial charge in [0.15, 0.2) is 0 Å². The second-order valence-corrected chi connectivity index (χ2v) is 7.46. The first kappa shape index (κ1) is 17.3. The smallest absolute Gasteiger partial charge is 0.410 e. The van der Waals surface area contributed by atoms with Crippen molar-refractivity contribution in [1.29, 1.82) is 0 Å². The van der Waals surface area contributed by atoms with Crippen LogP contribution in [0.1, 0.15) is 16.8 Å². The summed E-state index contributed by atoms with van der Waals surface area (Å²) in [5.74, 6) is 0. The molecule has 136 valence electrons. The van der Waals surface area contributed by atoms with E-state index in [0.29, 0.717) is 6.54 Å². The number of fused-ring (bicyclic) bond motifs is 1. The predicted molar refractivity (Wildman–Crippen MR) is 100 cm³/mol. The minimum atomic E-state index is -0.198. The van der Waals surface area contributed by atoms with E-state index in [-0.39, 0.29) is 18.2 Å². The second kappa shape index (κ2) is 7.25. The number of nitrogens with zero attached hydrogens (tertiary/aromatic N) is 3. The Bertz CT molecular complexity index is 813. The quantitative estimate of drug-likeness (QED) is 0.809. The van der Waals surface area contributed by atoms with Gasteiger partial charge in [0.05, 0.1) is 11.7 Å². The maximum absolute atomic E-state index is 12.2. The van der Waals surface area contributed by atoms with Gasteiger partial charge in [0.2, 0.25) is 0 Å². The van der Waals surface area contributed by atoms with Crippen molar-refractivity contribution in [1.82, 2.24) is 14.8 Å². The summed E-state index contributed by atoms with van der Waals surface area (Å²) < 4.78 is 5.61. The van der Waals surface area contributed by atoms with Crippen LogP contribution in [0.3, 0.4) is 0 Å². The van der Waals surface area contributed by atoms with Crippen molar-refractivity contribution >= 4 is 17.7 Å². The van der Waals surface area contributed by atoms with E-state index < -0.39 is 0 Å². The molecule has 0 bridgehead atoms. The molecule has 2 aliphatic heterocycles. The van der Waals surface area contributed by atoms with Gasteiger partial charge in [-0.25, -0.2) is 4.79 Å². The number of carbonyl (C=O) groups is 1. The van der Waals surface area contributed by atoms with Crippen LogP contribution in [0.4, 0.5) is 4.79 Å². The van der Waals surface area contributed by atoms with Crippen molar-refractivity contribution in [3.8, 4) is 0 Å². The molecule has 0 aliphatic carbocycles. The van der Waals surface area contributed by atoms with Gasteiger partial charge < -0.3 is 4.74 Å². The van der Waals surface area contributed by atoms with Gasteiger partial charge in [-0.1, -0.05) is 29.8 Å². The van der Waals surface area contributed by atoms with E-state index >= 15 is 0 Å². The van der Waals surface area contributed by atoms with Crippen molar-refractivity contribution in [2.75, 3.05) is 19.6 Å². The number of likely N-dealkylation sites (tertiary alicyclic amines) is 1. The molecule has 4 rings (SSSR count). The number of benzene rings is 1. The standard InChI is InChI=1S/C20H22ClN3O2/c1-14-4-3-8-22-17(14)11-23-12-18-19(13-23)26-20(25)24(18)9-7-15-5-2-6-16(21)10-15/h2-6,8,10,18-19H,7,9,11-13H2,1H3/t18-,19+/m0/s1. The van der Waals surface area contributed by atoms with Gasteiger partial charge in [0, 0.05) is 37.4 Å². The molecule has 6 heteroatoms. The molecule has 0 unspecified atom stereocenters. The van der Waals surface area contributed by atoms with Crippen molar-refractivity contribution < 1.29 is 9.53 Å². The molecule has 2 aromatic rings. The SMILES string of the molecule is Cc1cccnc1CN1C[C@H]2OC(=O)N(CCc3cccc(Cl)c3)[C@H]2C1. The average Bonchev–Trinajstić information content (AvgIpc) is 3.11. The molecular weight excluding hydrogens is 350 g/mol. The summed E-state index contributed by atoms with van der Waals surface area (Å²) in [4.78, 5) is 20.9. The Morgan fingerprint density at radius 3 is 2.96 bits per heavy atom. The van der Waals surface area contributed by atoms with Gasteiger partial charge in [-0.2, -0.15) is 0 Å². The van der Waals surface area contributed by atoms with Crippen LogP contribution in [0.25, 0.3) is 0 Å². The zero-order valence-corrected chi connectivity index (χ0v) is 15.5. The summed E-state index contributed by atoms with van der Waals surface area (Å²) in [5.41, 5.74) is 3.41. The van der Waals surface area contributed by atoms with E-state index in [9.17, 15) is 4.79 Å². The van der Waals surface area contributed by atoms with Gasteiger partial charge in [0.1, 0.15) is 6.10 Å². The minimum absolute atomic E-state index is 0.0501.